The molecule has 0 bridgehead atoms. The van der Waals surface area contributed by atoms with Gasteiger partial charge in [0, 0.05) is 13.1 Å². The van der Waals surface area contributed by atoms with Crippen LogP contribution >= 0.6 is 0 Å². The maximum absolute atomic E-state index is 11.9. The van der Waals surface area contributed by atoms with E-state index in [0.29, 0.717) is 6.54 Å². The normalized spacial score (nSPS) is 12.2. The van der Waals surface area contributed by atoms with Gasteiger partial charge < -0.3 is 9.88 Å². The van der Waals surface area contributed by atoms with E-state index in [0.717, 1.165) is 11.0 Å². The average Bonchev–Trinajstić information content (AvgIpc) is 2.67. The van der Waals surface area contributed by atoms with Gasteiger partial charge in [-0.2, -0.15) is 13.2 Å². The van der Waals surface area contributed by atoms with Crippen LogP contribution < -0.4 is 5.32 Å². The first-order chi connectivity index (χ1) is 8.06. The maximum Gasteiger partial charge on any atom is 0.401 e. The lowest BCUT2D eigenvalue weighted by atomic mass is 10.3. The summed E-state index contributed by atoms with van der Waals surface area (Å²) in [6.45, 7) is -0.226. The summed E-state index contributed by atoms with van der Waals surface area (Å²) < 4.78 is 37.5. The number of rotatable bonds is 4. The summed E-state index contributed by atoms with van der Waals surface area (Å²) in [4.78, 5) is 4.16. The third kappa shape index (κ3) is 3.20. The van der Waals surface area contributed by atoms with Crippen molar-refractivity contribution in [3.05, 3.63) is 30.6 Å². The molecule has 0 amide bonds. The van der Waals surface area contributed by atoms with Crippen LogP contribution in [0.15, 0.2) is 30.6 Å². The van der Waals surface area contributed by atoms with Gasteiger partial charge in [-0.1, -0.05) is 12.1 Å². The van der Waals surface area contributed by atoms with E-state index >= 15 is 0 Å². The number of nitrogens with zero attached hydrogens (tertiary/aromatic N) is 2. The summed E-state index contributed by atoms with van der Waals surface area (Å²) in [6, 6.07) is 7.52. The predicted octanol–water partition coefficient (Wildman–Crippen LogP) is 2.19. The molecular weight excluding hydrogens is 231 g/mol. The monoisotopic (exact) mass is 243 g/mol. The molecule has 17 heavy (non-hydrogen) atoms. The maximum atomic E-state index is 11.9. The average molecular weight is 243 g/mol. The fourth-order valence-corrected chi connectivity index (χ4v) is 1.62. The number of alkyl halides is 3. The van der Waals surface area contributed by atoms with Crippen molar-refractivity contribution in [1.29, 1.82) is 0 Å². The Balaban J connectivity index is 1.91. The first-order valence-electron chi connectivity index (χ1n) is 5.23. The minimum Gasteiger partial charge on any atom is -0.329 e. The number of para-hydroxylation sites is 2. The van der Waals surface area contributed by atoms with E-state index in [1.807, 2.05) is 28.8 Å². The summed E-state index contributed by atoms with van der Waals surface area (Å²) >= 11 is 0. The molecule has 0 radical (unpaired) electrons. The third-order valence-corrected chi connectivity index (χ3v) is 2.38. The summed E-state index contributed by atoms with van der Waals surface area (Å²) in [5, 5.41) is 2.35. The molecule has 0 fully saturated rings. The van der Waals surface area contributed by atoms with E-state index in [1.54, 1.807) is 6.33 Å². The molecule has 2 aromatic rings. The van der Waals surface area contributed by atoms with E-state index < -0.39 is 12.7 Å². The predicted molar refractivity (Wildman–Crippen MR) is 58.7 cm³/mol. The fraction of sp³-hybridized carbons (Fsp3) is 0.364. The van der Waals surface area contributed by atoms with Crippen molar-refractivity contribution >= 4 is 11.0 Å². The minimum absolute atomic E-state index is 0.264. The van der Waals surface area contributed by atoms with Gasteiger partial charge in [0.15, 0.2) is 0 Å². The van der Waals surface area contributed by atoms with Gasteiger partial charge in [0.25, 0.3) is 0 Å². The Morgan fingerprint density at radius 3 is 2.76 bits per heavy atom. The first kappa shape index (κ1) is 11.9. The van der Waals surface area contributed by atoms with Crippen LogP contribution in [0.4, 0.5) is 13.2 Å². The third-order valence-electron chi connectivity index (χ3n) is 2.38. The van der Waals surface area contributed by atoms with Crippen molar-refractivity contribution in [2.24, 2.45) is 0 Å². The summed E-state index contributed by atoms with van der Waals surface area (Å²) in [7, 11) is 0. The molecule has 3 nitrogen and oxygen atoms in total. The van der Waals surface area contributed by atoms with Crippen LogP contribution in [0.2, 0.25) is 0 Å². The SMILES string of the molecule is FC(F)(F)CNCCn1cnc2ccccc21. The van der Waals surface area contributed by atoms with Crippen LogP contribution in [-0.2, 0) is 6.54 Å². The number of nitrogens with one attached hydrogen (secondary N) is 1. The highest BCUT2D eigenvalue weighted by Gasteiger charge is 2.25. The number of aromatic nitrogens is 2. The summed E-state index contributed by atoms with van der Waals surface area (Å²) in [6.07, 6.45) is -2.52. The number of hydrogen-bond donors (Lipinski definition) is 1. The largest absolute Gasteiger partial charge is 0.401 e. The second-order valence-electron chi connectivity index (χ2n) is 3.72. The van der Waals surface area contributed by atoms with E-state index in [-0.39, 0.29) is 6.54 Å². The van der Waals surface area contributed by atoms with Gasteiger partial charge in [0.2, 0.25) is 0 Å². The second-order valence-corrected chi connectivity index (χ2v) is 3.72. The van der Waals surface area contributed by atoms with Gasteiger partial charge in [0.05, 0.1) is 23.9 Å². The second kappa shape index (κ2) is 4.75. The molecule has 1 aromatic heterocycles. The van der Waals surface area contributed by atoms with Gasteiger partial charge >= 0.3 is 6.18 Å². The highest BCUT2D eigenvalue weighted by molar-refractivity contribution is 5.74. The van der Waals surface area contributed by atoms with E-state index in [2.05, 4.69) is 10.3 Å². The van der Waals surface area contributed by atoms with Crippen molar-refractivity contribution in [1.82, 2.24) is 14.9 Å². The Hall–Kier alpha value is -1.56. The van der Waals surface area contributed by atoms with Crippen molar-refractivity contribution in [2.45, 2.75) is 12.7 Å². The quantitative estimate of drug-likeness (QED) is 0.834. The molecule has 1 aromatic carbocycles. The number of fused-ring (bicyclic) bond motifs is 1. The lowest BCUT2D eigenvalue weighted by Gasteiger charge is -2.08. The Bertz CT molecular complexity index is 490. The van der Waals surface area contributed by atoms with Crippen LogP contribution in [0.5, 0.6) is 0 Å². The summed E-state index contributed by atoms with van der Waals surface area (Å²) in [5.74, 6) is 0. The molecule has 0 aliphatic carbocycles. The molecule has 0 spiro atoms. The molecule has 92 valence electrons. The molecule has 2 rings (SSSR count). The van der Waals surface area contributed by atoms with Crippen LogP contribution in [0.3, 0.4) is 0 Å². The Morgan fingerprint density at radius 2 is 2.00 bits per heavy atom. The van der Waals surface area contributed by atoms with Gasteiger partial charge in [-0.05, 0) is 12.1 Å². The smallest absolute Gasteiger partial charge is 0.329 e. The molecule has 1 heterocycles. The minimum atomic E-state index is -4.16. The molecule has 6 heteroatoms. The van der Waals surface area contributed by atoms with Gasteiger partial charge in [0.1, 0.15) is 0 Å². The Morgan fingerprint density at radius 1 is 1.24 bits per heavy atom. The van der Waals surface area contributed by atoms with Crippen molar-refractivity contribution in [2.75, 3.05) is 13.1 Å². The van der Waals surface area contributed by atoms with Crippen LogP contribution in [0, 0.1) is 0 Å². The highest BCUT2D eigenvalue weighted by atomic mass is 19.4. The van der Waals surface area contributed by atoms with Gasteiger partial charge in [-0.15, -0.1) is 0 Å². The van der Waals surface area contributed by atoms with E-state index in [1.165, 1.54) is 0 Å². The molecule has 0 atom stereocenters. The highest BCUT2D eigenvalue weighted by Crippen LogP contribution is 2.13. The zero-order chi connectivity index (χ0) is 12.3. The number of hydrogen-bond acceptors (Lipinski definition) is 2. The number of imidazole rings is 1. The Labute approximate surface area is 96.3 Å². The van der Waals surface area contributed by atoms with Crippen molar-refractivity contribution < 1.29 is 13.2 Å². The number of halogens is 3. The molecule has 0 aliphatic rings. The fourth-order valence-electron chi connectivity index (χ4n) is 1.62. The molecule has 0 saturated heterocycles. The Kier molecular flexibility index (Phi) is 3.33. The zero-order valence-electron chi connectivity index (χ0n) is 9.04. The van der Waals surface area contributed by atoms with Crippen LogP contribution in [0.25, 0.3) is 11.0 Å². The van der Waals surface area contributed by atoms with Crippen molar-refractivity contribution in [3.63, 3.8) is 0 Å². The molecule has 1 N–H and O–H groups in total. The summed E-state index contributed by atoms with van der Waals surface area (Å²) in [5.41, 5.74) is 1.78. The van der Waals surface area contributed by atoms with Crippen molar-refractivity contribution in [3.8, 4) is 0 Å². The molecule has 0 saturated carbocycles. The topological polar surface area (TPSA) is 29.9 Å². The standard InChI is InChI=1S/C11H12F3N3/c12-11(13,14)7-15-5-6-17-8-16-9-3-1-2-4-10(9)17/h1-4,8,15H,5-7H2. The van der Waals surface area contributed by atoms with E-state index in [4.69, 9.17) is 0 Å². The lowest BCUT2D eigenvalue weighted by molar-refractivity contribution is -0.124. The van der Waals surface area contributed by atoms with E-state index in [9.17, 15) is 13.2 Å². The molecular formula is C11H12F3N3. The van der Waals surface area contributed by atoms with Crippen LogP contribution in [-0.4, -0.2) is 28.8 Å². The van der Waals surface area contributed by atoms with Gasteiger partial charge in [-0.25, -0.2) is 4.98 Å². The van der Waals surface area contributed by atoms with Crippen LogP contribution in [0.1, 0.15) is 0 Å². The molecule has 0 aliphatic heterocycles. The van der Waals surface area contributed by atoms with Gasteiger partial charge in [-0.3, -0.25) is 0 Å². The molecule has 0 unspecified atom stereocenters. The number of benzene rings is 1. The first-order valence-corrected chi connectivity index (χ1v) is 5.23. The lowest BCUT2D eigenvalue weighted by Crippen LogP contribution is -2.31. The zero-order valence-corrected chi connectivity index (χ0v) is 9.04.